The molecule has 0 aliphatic rings. The smallest absolute Gasteiger partial charge is 0.248 e. The first-order valence-corrected chi connectivity index (χ1v) is 9.32. The fourth-order valence-corrected chi connectivity index (χ4v) is 3.36. The number of phenolic OH excluding ortho intramolecular Hbond substituents is 1. The second kappa shape index (κ2) is 8.57. The molecule has 0 aliphatic heterocycles. The summed E-state index contributed by atoms with van der Waals surface area (Å²) in [5.41, 5.74) is 1.89. The number of H-pyrrole nitrogens is 1. The van der Waals surface area contributed by atoms with Gasteiger partial charge in [0.15, 0.2) is 0 Å². The van der Waals surface area contributed by atoms with Gasteiger partial charge >= 0.3 is 0 Å². The number of halogens is 1. The highest BCUT2D eigenvalue weighted by atomic mass is 35.5. The van der Waals surface area contributed by atoms with Crippen molar-refractivity contribution in [3.63, 3.8) is 0 Å². The van der Waals surface area contributed by atoms with Gasteiger partial charge in [-0.3, -0.25) is 4.79 Å². The van der Waals surface area contributed by atoms with E-state index in [4.69, 9.17) is 11.6 Å². The van der Waals surface area contributed by atoms with Crippen molar-refractivity contribution in [3.05, 3.63) is 75.0 Å². The number of fused-ring (bicyclic) bond motifs is 1. The Kier molecular flexibility index (Phi) is 6.16. The van der Waals surface area contributed by atoms with Crippen molar-refractivity contribution >= 4 is 22.5 Å². The van der Waals surface area contributed by atoms with Crippen LogP contribution in [0.15, 0.2) is 53.3 Å². The summed E-state index contributed by atoms with van der Waals surface area (Å²) in [6.07, 6.45) is 1.05. The Morgan fingerprint density at radius 1 is 1.19 bits per heavy atom. The first-order chi connectivity index (χ1) is 12.9. The van der Waals surface area contributed by atoms with E-state index in [1.807, 2.05) is 18.2 Å². The Hall–Kier alpha value is -2.34. The van der Waals surface area contributed by atoms with Crippen molar-refractivity contribution in [3.8, 4) is 5.75 Å². The first-order valence-electron chi connectivity index (χ1n) is 8.95. The molecule has 0 saturated heterocycles. The number of rotatable bonds is 7. The lowest BCUT2D eigenvalue weighted by Crippen LogP contribution is -2.31. The molecule has 0 bridgehead atoms. The zero-order chi connectivity index (χ0) is 19.4. The van der Waals surface area contributed by atoms with Crippen LogP contribution < -0.4 is 10.9 Å². The SMILES string of the molecule is CC(CCc1cccc(Cl)c1)NCC(O)c1ccc(O)c2[nH]c(=O)ccc12. The van der Waals surface area contributed by atoms with Crippen LogP contribution in [-0.2, 0) is 6.42 Å². The number of nitrogens with one attached hydrogen (secondary N) is 2. The average molecular weight is 387 g/mol. The molecule has 2 aromatic carbocycles. The summed E-state index contributed by atoms with van der Waals surface area (Å²) in [6.45, 7) is 2.44. The van der Waals surface area contributed by atoms with Crippen molar-refractivity contribution < 1.29 is 10.2 Å². The van der Waals surface area contributed by atoms with E-state index >= 15 is 0 Å². The van der Waals surface area contributed by atoms with Crippen LogP contribution >= 0.6 is 11.6 Å². The summed E-state index contributed by atoms with van der Waals surface area (Å²) in [6, 6.07) is 14.2. The number of aryl methyl sites for hydroxylation is 1. The molecule has 4 N–H and O–H groups in total. The number of aromatic nitrogens is 1. The van der Waals surface area contributed by atoms with Crippen molar-refractivity contribution in [2.75, 3.05) is 6.54 Å². The van der Waals surface area contributed by atoms with Crippen LogP contribution in [0.1, 0.15) is 30.6 Å². The molecule has 0 amide bonds. The highest BCUT2D eigenvalue weighted by molar-refractivity contribution is 6.30. The second-order valence-corrected chi connectivity index (χ2v) is 7.22. The van der Waals surface area contributed by atoms with Gasteiger partial charge in [-0.25, -0.2) is 0 Å². The number of hydrogen-bond acceptors (Lipinski definition) is 4. The van der Waals surface area contributed by atoms with Crippen molar-refractivity contribution in [2.45, 2.75) is 31.9 Å². The Morgan fingerprint density at radius 3 is 2.78 bits per heavy atom. The van der Waals surface area contributed by atoms with Crippen LogP contribution in [0.4, 0.5) is 0 Å². The Bertz CT molecular complexity index is 987. The van der Waals surface area contributed by atoms with E-state index in [0.717, 1.165) is 17.9 Å². The standard InChI is InChI=1S/C21H23ClN2O3/c1-13(5-6-14-3-2-4-15(22)11-14)23-12-19(26)16-7-9-18(25)21-17(16)8-10-20(27)24-21/h2-4,7-11,13,19,23,25-26H,5-6,12H2,1H3,(H,24,27). The van der Waals surface area contributed by atoms with Gasteiger partial charge in [0.05, 0.1) is 11.6 Å². The van der Waals surface area contributed by atoms with Crippen LogP contribution in [0, 0.1) is 0 Å². The number of aromatic hydroxyl groups is 1. The van der Waals surface area contributed by atoms with Gasteiger partial charge < -0.3 is 20.5 Å². The molecule has 1 heterocycles. The van der Waals surface area contributed by atoms with E-state index in [9.17, 15) is 15.0 Å². The number of benzene rings is 2. The first kappa shape index (κ1) is 19.4. The molecule has 3 aromatic rings. The Balaban J connectivity index is 1.62. The second-order valence-electron chi connectivity index (χ2n) is 6.78. The molecule has 2 unspecified atom stereocenters. The van der Waals surface area contributed by atoms with Crippen molar-refractivity contribution in [1.29, 1.82) is 0 Å². The van der Waals surface area contributed by atoms with E-state index in [2.05, 4.69) is 23.3 Å². The highest BCUT2D eigenvalue weighted by Crippen LogP contribution is 2.28. The van der Waals surface area contributed by atoms with Gasteiger partial charge in [0.25, 0.3) is 0 Å². The van der Waals surface area contributed by atoms with Gasteiger partial charge in [0, 0.05) is 29.1 Å². The molecule has 1 aromatic heterocycles. The molecule has 2 atom stereocenters. The van der Waals surface area contributed by atoms with Gasteiger partial charge in [-0.2, -0.15) is 0 Å². The fourth-order valence-electron chi connectivity index (χ4n) is 3.15. The average Bonchev–Trinajstić information content (AvgIpc) is 2.65. The highest BCUT2D eigenvalue weighted by Gasteiger charge is 2.15. The minimum Gasteiger partial charge on any atom is -0.506 e. The lowest BCUT2D eigenvalue weighted by molar-refractivity contribution is 0.171. The number of aromatic amines is 1. The zero-order valence-electron chi connectivity index (χ0n) is 15.1. The summed E-state index contributed by atoms with van der Waals surface area (Å²) >= 11 is 6.01. The van der Waals surface area contributed by atoms with E-state index < -0.39 is 6.10 Å². The fraction of sp³-hybridized carbons (Fsp3) is 0.286. The van der Waals surface area contributed by atoms with Crippen LogP contribution in [0.3, 0.4) is 0 Å². The van der Waals surface area contributed by atoms with Gasteiger partial charge in [-0.1, -0.05) is 29.8 Å². The molecule has 6 heteroatoms. The number of phenols is 1. The third-order valence-electron chi connectivity index (χ3n) is 4.68. The van der Waals surface area contributed by atoms with Crippen molar-refractivity contribution in [1.82, 2.24) is 10.3 Å². The summed E-state index contributed by atoms with van der Waals surface area (Å²) < 4.78 is 0. The predicted octanol–water partition coefficient (Wildman–Crippen LogP) is 3.53. The largest absolute Gasteiger partial charge is 0.506 e. The van der Waals surface area contributed by atoms with E-state index in [1.165, 1.54) is 17.7 Å². The maximum atomic E-state index is 11.5. The predicted molar refractivity (Wildman–Crippen MR) is 108 cm³/mol. The molecule has 3 rings (SSSR count). The maximum absolute atomic E-state index is 11.5. The van der Waals surface area contributed by atoms with E-state index in [0.29, 0.717) is 23.0 Å². The lowest BCUT2D eigenvalue weighted by Gasteiger charge is -2.19. The molecular formula is C21H23ClN2O3. The van der Waals surface area contributed by atoms with Crippen molar-refractivity contribution in [2.24, 2.45) is 0 Å². The van der Waals surface area contributed by atoms with Crippen LogP contribution in [0.25, 0.3) is 10.9 Å². The van der Waals surface area contributed by atoms with Gasteiger partial charge in [0.2, 0.25) is 5.56 Å². The minimum atomic E-state index is -0.757. The van der Waals surface area contributed by atoms with E-state index in [-0.39, 0.29) is 17.4 Å². The Labute approximate surface area is 162 Å². The number of hydrogen-bond donors (Lipinski definition) is 4. The Morgan fingerprint density at radius 2 is 2.00 bits per heavy atom. The van der Waals surface area contributed by atoms with Gasteiger partial charge in [-0.15, -0.1) is 0 Å². The molecular weight excluding hydrogens is 364 g/mol. The molecule has 5 nitrogen and oxygen atoms in total. The molecule has 0 aliphatic carbocycles. The topological polar surface area (TPSA) is 85.3 Å². The van der Waals surface area contributed by atoms with Gasteiger partial charge in [-0.05, 0) is 55.2 Å². The summed E-state index contributed by atoms with van der Waals surface area (Å²) in [5, 5.41) is 25.2. The molecule has 142 valence electrons. The monoisotopic (exact) mass is 386 g/mol. The molecule has 27 heavy (non-hydrogen) atoms. The number of aliphatic hydroxyl groups is 1. The molecule has 0 fully saturated rings. The third kappa shape index (κ3) is 4.89. The summed E-state index contributed by atoms with van der Waals surface area (Å²) in [7, 11) is 0. The maximum Gasteiger partial charge on any atom is 0.248 e. The molecule has 0 radical (unpaired) electrons. The minimum absolute atomic E-state index is 0.0125. The number of pyridine rings is 1. The van der Waals surface area contributed by atoms with Gasteiger partial charge in [0.1, 0.15) is 5.75 Å². The molecule has 0 spiro atoms. The number of aliphatic hydroxyl groups excluding tert-OH is 1. The normalized spacial score (nSPS) is 13.6. The lowest BCUT2D eigenvalue weighted by atomic mass is 10.0. The van der Waals surface area contributed by atoms with Crippen LogP contribution in [-0.4, -0.2) is 27.8 Å². The van der Waals surface area contributed by atoms with E-state index in [1.54, 1.807) is 12.1 Å². The van der Waals surface area contributed by atoms with Crippen LogP contribution in [0.5, 0.6) is 5.75 Å². The van der Waals surface area contributed by atoms with Crippen LogP contribution in [0.2, 0.25) is 5.02 Å². The molecule has 0 saturated carbocycles. The summed E-state index contributed by atoms with van der Waals surface area (Å²) in [5.74, 6) is -0.0125. The third-order valence-corrected chi connectivity index (χ3v) is 4.92. The zero-order valence-corrected chi connectivity index (χ0v) is 15.8. The quantitative estimate of drug-likeness (QED) is 0.500. The summed E-state index contributed by atoms with van der Waals surface area (Å²) in [4.78, 5) is 14.1.